The van der Waals surface area contributed by atoms with Gasteiger partial charge in [-0.1, -0.05) is 19.1 Å². The van der Waals surface area contributed by atoms with Crippen LogP contribution in [0.2, 0.25) is 0 Å². The van der Waals surface area contributed by atoms with Crippen LogP contribution in [0.1, 0.15) is 25.3 Å². The topological polar surface area (TPSA) is 60.2 Å². The quantitative estimate of drug-likeness (QED) is 0.630. The molecule has 1 heterocycles. The molecule has 0 saturated carbocycles. The maximum Gasteiger partial charge on any atom is 0.0955 e. The Balaban J connectivity index is 2.22. The number of nitrogens with one attached hydrogen (secondary N) is 1. The van der Waals surface area contributed by atoms with E-state index in [0.717, 1.165) is 23.4 Å². The smallest absolute Gasteiger partial charge is 0.0955 e. The molecule has 0 radical (unpaired) electrons. The largest absolute Gasteiger partial charge is 0.377 e. The van der Waals surface area contributed by atoms with Crippen molar-refractivity contribution in [2.75, 3.05) is 7.11 Å². The molecule has 104 valence electrons. The second-order valence-corrected chi connectivity index (χ2v) is 5.98. The second kappa shape index (κ2) is 5.96. The van der Waals surface area contributed by atoms with E-state index in [-0.39, 0.29) is 11.6 Å². The van der Waals surface area contributed by atoms with Gasteiger partial charge >= 0.3 is 0 Å². The highest BCUT2D eigenvalue weighted by atomic mass is 32.1. The Morgan fingerprint density at radius 1 is 1.47 bits per heavy atom. The summed E-state index contributed by atoms with van der Waals surface area (Å²) >= 11 is 1.72. The van der Waals surface area contributed by atoms with Gasteiger partial charge in [0, 0.05) is 13.5 Å². The van der Waals surface area contributed by atoms with Crippen molar-refractivity contribution in [2.24, 2.45) is 5.84 Å². The average Bonchev–Trinajstić information content (AvgIpc) is 2.86. The lowest BCUT2D eigenvalue weighted by Gasteiger charge is -2.34. The maximum atomic E-state index is 5.70. The van der Waals surface area contributed by atoms with Crippen molar-refractivity contribution in [1.82, 2.24) is 10.4 Å². The third kappa shape index (κ3) is 2.95. The van der Waals surface area contributed by atoms with Crippen LogP contribution in [0.25, 0.3) is 10.2 Å². The Labute approximate surface area is 118 Å². The van der Waals surface area contributed by atoms with E-state index in [1.807, 2.05) is 18.2 Å². The van der Waals surface area contributed by atoms with Crippen LogP contribution in [0.5, 0.6) is 0 Å². The number of thiazole rings is 1. The molecule has 2 unspecified atom stereocenters. The first-order valence-electron chi connectivity index (χ1n) is 6.48. The molecule has 2 atom stereocenters. The zero-order chi connectivity index (χ0) is 13.9. The Bertz CT molecular complexity index is 503. The van der Waals surface area contributed by atoms with Gasteiger partial charge in [-0.25, -0.2) is 4.98 Å². The summed E-state index contributed by atoms with van der Waals surface area (Å²) in [6.45, 7) is 4.18. The van der Waals surface area contributed by atoms with E-state index < -0.39 is 0 Å². The van der Waals surface area contributed by atoms with E-state index in [2.05, 4.69) is 30.3 Å². The molecule has 19 heavy (non-hydrogen) atoms. The van der Waals surface area contributed by atoms with E-state index in [9.17, 15) is 0 Å². The first-order chi connectivity index (χ1) is 9.12. The van der Waals surface area contributed by atoms with Gasteiger partial charge in [0.2, 0.25) is 0 Å². The SMILES string of the molecule is CCC(C)(OC)C(Cc1nc2ccccc2s1)NN. The van der Waals surface area contributed by atoms with Crippen molar-refractivity contribution in [3.8, 4) is 0 Å². The van der Waals surface area contributed by atoms with E-state index in [1.165, 1.54) is 4.70 Å². The molecular formula is C14H21N3OS. The third-order valence-corrected chi connectivity index (χ3v) is 4.88. The van der Waals surface area contributed by atoms with Gasteiger partial charge in [-0.15, -0.1) is 11.3 Å². The molecule has 0 aliphatic rings. The van der Waals surface area contributed by atoms with Crippen molar-refractivity contribution in [2.45, 2.75) is 38.3 Å². The van der Waals surface area contributed by atoms with E-state index in [1.54, 1.807) is 18.4 Å². The molecule has 0 saturated heterocycles. The number of fused-ring (bicyclic) bond motifs is 1. The van der Waals surface area contributed by atoms with Gasteiger partial charge in [-0.2, -0.15) is 0 Å². The Kier molecular flexibility index (Phi) is 4.52. The van der Waals surface area contributed by atoms with Crippen LogP contribution in [0.4, 0.5) is 0 Å². The second-order valence-electron chi connectivity index (χ2n) is 4.87. The van der Waals surface area contributed by atoms with Gasteiger partial charge < -0.3 is 4.74 Å². The van der Waals surface area contributed by atoms with Crippen molar-refractivity contribution < 1.29 is 4.74 Å². The molecule has 2 rings (SSSR count). The molecule has 1 aromatic heterocycles. The lowest BCUT2D eigenvalue weighted by atomic mass is 9.91. The Morgan fingerprint density at radius 2 is 2.21 bits per heavy atom. The molecule has 2 aromatic rings. The number of para-hydroxylation sites is 1. The van der Waals surface area contributed by atoms with Crippen LogP contribution in [0.15, 0.2) is 24.3 Å². The number of rotatable bonds is 6. The van der Waals surface area contributed by atoms with Gasteiger partial charge in [0.25, 0.3) is 0 Å². The summed E-state index contributed by atoms with van der Waals surface area (Å²) in [5.74, 6) is 5.70. The lowest BCUT2D eigenvalue weighted by molar-refractivity contribution is -0.0288. The number of hydrogen-bond donors (Lipinski definition) is 2. The number of nitrogens with zero attached hydrogens (tertiary/aromatic N) is 1. The molecule has 5 heteroatoms. The molecule has 0 spiro atoms. The van der Waals surface area contributed by atoms with Crippen molar-refractivity contribution in [1.29, 1.82) is 0 Å². The van der Waals surface area contributed by atoms with E-state index in [4.69, 9.17) is 10.6 Å². The summed E-state index contributed by atoms with van der Waals surface area (Å²) in [5.41, 5.74) is 3.64. The van der Waals surface area contributed by atoms with Crippen LogP contribution in [-0.2, 0) is 11.2 Å². The Morgan fingerprint density at radius 3 is 2.79 bits per heavy atom. The summed E-state index contributed by atoms with van der Waals surface area (Å²) in [6, 6.07) is 8.22. The maximum absolute atomic E-state index is 5.70. The highest BCUT2D eigenvalue weighted by Crippen LogP contribution is 2.26. The molecule has 1 aromatic carbocycles. The van der Waals surface area contributed by atoms with Crippen LogP contribution in [-0.4, -0.2) is 23.7 Å². The molecule has 3 N–H and O–H groups in total. The number of ether oxygens (including phenoxy) is 1. The molecular weight excluding hydrogens is 258 g/mol. The zero-order valence-corrected chi connectivity index (χ0v) is 12.5. The summed E-state index contributed by atoms with van der Waals surface area (Å²) < 4.78 is 6.83. The van der Waals surface area contributed by atoms with E-state index >= 15 is 0 Å². The zero-order valence-electron chi connectivity index (χ0n) is 11.6. The number of methoxy groups -OCH3 is 1. The normalized spacial score (nSPS) is 16.4. The first-order valence-corrected chi connectivity index (χ1v) is 7.30. The van der Waals surface area contributed by atoms with Crippen molar-refractivity contribution in [3.05, 3.63) is 29.3 Å². The highest BCUT2D eigenvalue weighted by molar-refractivity contribution is 7.18. The first kappa shape index (κ1) is 14.4. The van der Waals surface area contributed by atoms with Gasteiger partial charge in [-0.05, 0) is 25.5 Å². The predicted molar refractivity (Wildman–Crippen MR) is 80.1 cm³/mol. The number of hydrogen-bond acceptors (Lipinski definition) is 5. The van der Waals surface area contributed by atoms with Crippen LogP contribution >= 0.6 is 11.3 Å². The van der Waals surface area contributed by atoms with Crippen LogP contribution in [0, 0.1) is 0 Å². The standard InChI is InChI=1S/C14H21N3OS/c1-4-14(2,18-3)12(17-15)9-13-16-10-7-5-6-8-11(10)19-13/h5-8,12,17H,4,9,15H2,1-3H3. The Hall–Kier alpha value is -1.01. The molecule has 0 fully saturated rings. The van der Waals surface area contributed by atoms with Crippen LogP contribution in [0.3, 0.4) is 0 Å². The summed E-state index contributed by atoms with van der Waals surface area (Å²) in [5, 5.41) is 1.08. The van der Waals surface area contributed by atoms with Crippen LogP contribution < -0.4 is 11.3 Å². The fraction of sp³-hybridized carbons (Fsp3) is 0.500. The lowest BCUT2D eigenvalue weighted by Crippen LogP contribution is -2.53. The highest BCUT2D eigenvalue weighted by Gasteiger charge is 2.32. The predicted octanol–water partition coefficient (Wildman–Crippen LogP) is 2.49. The van der Waals surface area contributed by atoms with Crippen molar-refractivity contribution in [3.63, 3.8) is 0 Å². The van der Waals surface area contributed by atoms with Crippen molar-refractivity contribution >= 4 is 21.6 Å². The third-order valence-electron chi connectivity index (χ3n) is 3.82. The molecule has 0 amide bonds. The molecule has 0 bridgehead atoms. The molecule has 0 aliphatic heterocycles. The minimum atomic E-state index is -0.285. The number of nitrogens with two attached hydrogens (primary N) is 1. The van der Waals surface area contributed by atoms with Gasteiger partial charge in [0.05, 0.1) is 26.9 Å². The number of hydrazine groups is 1. The minimum Gasteiger partial charge on any atom is -0.377 e. The fourth-order valence-electron chi connectivity index (χ4n) is 2.17. The fourth-order valence-corrected chi connectivity index (χ4v) is 3.18. The summed E-state index contributed by atoms with van der Waals surface area (Å²) in [4.78, 5) is 4.65. The monoisotopic (exact) mass is 279 g/mol. The number of benzene rings is 1. The van der Waals surface area contributed by atoms with Gasteiger partial charge in [0.1, 0.15) is 0 Å². The van der Waals surface area contributed by atoms with E-state index in [0.29, 0.717) is 0 Å². The average molecular weight is 279 g/mol. The van der Waals surface area contributed by atoms with Gasteiger partial charge in [-0.3, -0.25) is 11.3 Å². The minimum absolute atomic E-state index is 0.0445. The summed E-state index contributed by atoms with van der Waals surface area (Å²) in [7, 11) is 1.73. The molecule has 4 nitrogen and oxygen atoms in total. The van der Waals surface area contributed by atoms with Gasteiger partial charge in [0.15, 0.2) is 0 Å². The summed E-state index contributed by atoms with van der Waals surface area (Å²) in [6.07, 6.45) is 1.66. The number of aromatic nitrogens is 1. The molecule has 0 aliphatic carbocycles.